The summed E-state index contributed by atoms with van der Waals surface area (Å²) in [6, 6.07) is 12.1. The minimum Gasteiger partial charge on any atom is -0.454 e. The Morgan fingerprint density at radius 1 is 1.05 bits per heavy atom. The molecule has 2 aromatic rings. The molecule has 1 aliphatic heterocycles. The first kappa shape index (κ1) is 29.3. The fourth-order valence-corrected chi connectivity index (χ4v) is 5.33. The lowest BCUT2D eigenvalue weighted by molar-refractivity contribution is -0.141. The fourth-order valence-electron chi connectivity index (χ4n) is 4.38. The minimum absolute atomic E-state index is 0.00279. The van der Waals surface area contributed by atoms with Crippen LogP contribution in [0.3, 0.4) is 0 Å². The Morgan fingerprint density at radius 3 is 2.42 bits per heavy atom. The third-order valence-corrected chi connectivity index (χ3v) is 7.98. The van der Waals surface area contributed by atoms with Crippen LogP contribution in [0.5, 0.6) is 11.5 Å². The molecule has 0 radical (unpaired) electrons. The van der Waals surface area contributed by atoms with E-state index in [4.69, 9.17) is 9.47 Å². The molecule has 0 saturated heterocycles. The average Bonchev–Trinajstić information content (AvgIpc) is 3.34. The van der Waals surface area contributed by atoms with Crippen LogP contribution in [0.1, 0.15) is 57.6 Å². The van der Waals surface area contributed by atoms with Gasteiger partial charge in [0, 0.05) is 31.6 Å². The summed E-state index contributed by atoms with van der Waals surface area (Å²) >= 11 is 0. The molecule has 38 heavy (non-hydrogen) atoms. The predicted octanol–water partition coefficient (Wildman–Crippen LogP) is 3.99. The zero-order chi connectivity index (χ0) is 27.9. The molecule has 9 nitrogen and oxygen atoms in total. The molecule has 1 heterocycles. The number of ether oxygens (including phenoxy) is 2. The van der Waals surface area contributed by atoms with Gasteiger partial charge >= 0.3 is 0 Å². The van der Waals surface area contributed by atoms with Crippen LogP contribution in [-0.4, -0.2) is 56.8 Å². The van der Waals surface area contributed by atoms with Gasteiger partial charge in [0.05, 0.1) is 11.9 Å². The SMILES string of the molecule is CC[C@H](C)NC(=O)[C@H](CC)N(Cc1ccccc1C)C(=O)CCCN(c1ccc2c(c1)OCO2)S(C)(=O)=O. The minimum atomic E-state index is -3.61. The van der Waals surface area contributed by atoms with Crippen molar-refractivity contribution in [1.82, 2.24) is 10.2 Å². The van der Waals surface area contributed by atoms with E-state index in [9.17, 15) is 18.0 Å². The number of nitrogens with zero attached hydrogens (tertiary/aromatic N) is 2. The highest BCUT2D eigenvalue weighted by atomic mass is 32.2. The van der Waals surface area contributed by atoms with Crippen LogP contribution in [0.25, 0.3) is 0 Å². The summed E-state index contributed by atoms with van der Waals surface area (Å²) in [7, 11) is -3.61. The molecule has 2 aromatic carbocycles. The van der Waals surface area contributed by atoms with E-state index in [1.54, 1.807) is 23.1 Å². The van der Waals surface area contributed by atoms with Crippen molar-refractivity contribution in [3.63, 3.8) is 0 Å². The van der Waals surface area contributed by atoms with Gasteiger partial charge in [-0.15, -0.1) is 0 Å². The molecule has 1 N–H and O–H groups in total. The van der Waals surface area contributed by atoms with Gasteiger partial charge in [-0.1, -0.05) is 38.1 Å². The highest BCUT2D eigenvalue weighted by Crippen LogP contribution is 2.36. The zero-order valence-electron chi connectivity index (χ0n) is 22.9. The van der Waals surface area contributed by atoms with Gasteiger partial charge in [-0.2, -0.15) is 0 Å². The van der Waals surface area contributed by atoms with Crippen molar-refractivity contribution in [2.45, 2.75) is 72.0 Å². The molecule has 3 rings (SSSR count). The Morgan fingerprint density at radius 2 is 1.76 bits per heavy atom. The fraction of sp³-hybridized carbons (Fsp3) is 0.500. The number of benzene rings is 2. The predicted molar refractivity (Wildman–Crippen MR) is 148 cm³/mol. The highest BCUT2D eigenvalue weighted by Gasteiger charge is 2.30. The summed E-state index contributed by atoms with van der Waals surface area (Å²) in [6.07, 6.45) is 2.77. The molecule has 208 valence electrons. The molecular weight excluding hydrogens is 506 g/mol. The maximum absolute atomic E-state index is 13.6. The first-order valence-corrected chi connectivity index (χ1v) is 14.9. The van der Waals surface area contributed by atoms with Gasteiger partial charge < -0.3 is 19.7 Å². The topological polar surface area (TPSA) is 105 Å². The van der Waals surface area contributed by atoms with E-state index < -0.39 is 16.1 Å². The van der Waals surface area contributed by atoms with Crippen LogP contribution in [0, 0.1) is 6.92 Å². The molecule has 10 heteroatoms. The Bertz CT molecular complexity index is 1230. The lowest BCUT2D eigenvalue weighted by Crippen LogP contribution is -2.50. The van der Waals surface area contributed by atoms with Crippen LogP contribution in [0.15, 0.2) is 42.5 Å². The summed E-state index contributed by atoms with van der Waals surface area (Å²) in [5, 5.41) is 3.01. The van der Waals surface area contributed by atoms with Crippen molar-refractivity contribution < 1.29 is 27.5 Å². The second kappa shape index (κ2) is 13.0. The van der Waals surface area contributed by atoms with E-state index in [0.717, 1.165) is 23.8 Å². The van der Waals surface area contributed by atoms with Crippen molar-refractivity contribution in [3.8, 4) is 11.5 Å². The normalized spacial score (nSPS) is 14.0. The Labute approximate surface area is 226 Å². The van der Waals surface area contributed by atoms with Gasteiger partial charge in [-0.3, -0.25) is 13.9 Å². The quantitative estimate of drug-likeness (QED) is 0.408. The molecule has 1 aliphatic rings. The zero-order valence-corrected chi connectivity index (χ0v) is 23.7. The largest absolute Gasteiger partial charge is 0.454 e. The van der Waals surface area contributed by atoms with Gasteiger partial charge in [0.2, 0.25) is 28.6 Å². The number of sulfonamides is 1. The summed E-state index contributed by atoms with van der Waals surface area (Å²) in [5.41, 5.74) is 2.45. The number of aryl methyl sites for hydroxylation is 1. The van der Waals surface area contributed by atoms with Crippen molar-refractivity contribution in [2.24, 2.45) is 0 Å². The Hall–Kier alpha value is -3.27. The molecular formula is C28H39N3O6S. The van der Waals surface area contributed by atoms with Gasteiger partial charge in [-0.25, -0.2) is 8.42 Å². The standard InChI is InChI=1S/C28H39N3O6S/c1-6-21(4)29-28(33)24(7-2)30(18-22-12-9-8-11-20(22)3)27(32)13-10-16-31(38(5,34)35)23-14-15-25-26(17-23)37-19-36-25/h8-9,11-12,14-15,17,21,24H,6-7,10,13,16,18-19H2,1-5H3,(H,29,33)/t21-,24-/m0/s1. The van der Waals surface area contributed by atoms with E-state index >= 15 is 0 Å². The molecule has 0 saturated carbocycles. The lowest BCUT2D eigenvalue weighted by Gasteiger charge is -2.32. The first-order valence-electron chi connectivity index (χ1n) is 13.1. The molecule has 0 aliphatic carbocycles. The van der Waals surface area contributed by atoms with Gasteiger partial charge in [-0.05, 0) is 56.4 Å². The van der Waals surface area contributed by atoms with Crippen molar-refractivity contribution >= 4 is 27.5 Å². The van der Waals surface area contributed by atoms with Crippen LogP contribution in [0.2, 0.25) is 0 Å². The number of carbonyl (C=O) groups excluding carboxylic acids is 2. The maximum atomic E-state index is 13.6. The van der Waals surface area contributed by atoms with Crippen LogP contribution in [0.4, 0.5) is 5.69 Å². The van der Waals surface area contributed by atoms with Gasteiger partial charge in [0.15, 0.2) is 11.5 Å². The smallest absolute Gasteiger partial charge is 0.243 e. The number of hydrogen-bond donors (Lipinski definition) is 1. The monoisotopic (exact) mass is 545 g/mol. The summed E-state index contributed by atoms with van der Waals surface area (Å²) in [6.45, 7) is 8.31. The van der Waals surface area contributed by atoms with Crippen LogP contribution >= 0.6 is 0 Å². The lowest BCUT2D eigenvalue weighted by atomic mass is 10.0. The molecule has 2 amide bonds. The molecule has 0 bridgehead atoms. The van der Waals surface area contributed by atoms with E-state index in [-0.39, 0.29) is 44.0 Å². The molecule has 0 spiro atoms. The molecule has 0 aromatic heterocycles. The molecule has 0 unspecified atom stereocenters. The Balaban J connectivity index is 1.77. The van der Waals surface area contributed by atoms with E-state index in [0.29, 0.717) is 30.2 Å². The van der Waals surface area contributed by atoms with E-state index in [2.05, 4.69) is 5.32 Å². The van der Waals surface area contributed by atoms with Crippen LogP contribution < -0.4 is 19.1 Å². The number of rotatable bonds is 13. The first-order chi connectivity index (χ1) is 18.0. The third-order valence-electron chi connectivity index (χ3n) is 6.79. The second-order valence-corrected chi connectivity index (χ2v) is 11.6. The van der Waals surface area contributed by atoms with E-state index in [1.165, 1.54) is 4.31 Å². The second-order valence-electron chi connectivity index (χ2n) is 9.67. The summed E-state index contributed by atoms with van der Waals surface area (Å²) in [5.74, 6) is 0.667. The number of hydrogen-bond acceptors (Lipinski definition) is 6. The van der Waals surface area contributed by atoms with E-state index in [1.807, 2.05) is 52.0 Å². The number of nitrogens with one attached hydrogen (secondary N) is 1. The number of fused-ring (bicyclic) bond motifs is 1. The van der Waals surface area contributed by atoms with Crippen molar-refractivity contribution in [2.75, 3.05) is 23.9 Å². The highest BCUT2D eigenvalue weighted by molar-refractivity contribution is 7.92. The molecule has 2 atom stereocenters. The number of carbonyl (C=O) groups is 2. The summed E-state index contributed by atoms with van der Waals surface area (Å²) < 4.78 is 37.2. The molecule has 0 fully saturated rings. The number of amides is 2. The Kier molecular flexibility index (Phi) is 10.0. The third kappa shape index (κ3) is 7.40. The van der Waals surface area contributed by atoms with Gasteiger partial charge in [0.1, 0.15) is 6.04 Å². The summed E-state index contributed by atoms with van der Waals surface area (Å²) in [4.78, 5) is 28.4. The van der Waals surface area contributed by atoms with Crippen molar-refractivity contribution in [3.05, 3.63) is 53.6 Å². The van der Waals surface area contributed by atoms with Crippen LogP contribution in [-0.2, 0) is 26.2 Å². The van der Waals surface area contributed by atoms with Gasteiger partial charge in [0.25, 0.3) is 0 Å². The number of anilines is 1. The van der Waals surface area contributed by atoms with Crippen molar-refractivity contribution in [1.29, 1.82) is 0 Å². The average molecular weight is 546 g/mol. The maximum Gasteiger partial charge on any atom is 0.243 e.